The summed E-state index contributed by atoms with van der Waals surface area (Å²) in [5.41, 5.74) is 1.12. The van der Waals surface area contributed by atoms with Crippen LogP contribution >= 0.6 is 24.0 Å². The fourth-order valence-electron chi connectivity index (χ4n) is 3.07. The molecule has 29 heavy (non-hydrogen) atoms. The van der Waals surface area contributed by atoms with Crippen LogP contribution in [0.4, 0.5) is 0 Å². The average molecular weight is 519 g/mol. The van der Waals surface area contributed by atoms with Crippen molar-refractivity contribution in [2.24, 2.45) is 4.99 Å². The molecule has 1 amide bonds. The number of likely N-dealkylation sites (N-methyl/N-ethyl adjacent to an activating group) is 1. The molecule has 1 saturated heterocycles. The Hall–Kier alpha value is -1.75. The van der Waals surface area contributed by atoms with Crippen molar-refractivity contribution in [2.75, 3.05) is 67.6 Å². The van der Waals surface area contributed by atoms with Crippen LogP contribution in [0.2, 0.25) is 0 Å². The van der Waals surface area contributed by atoms with E-state index < -0.39 is 0 Å². The fraction of sp³-hybridized carbons (Fsp3) is 0.600. The number of ether oxygens (including phenoxy) is 2. The standard InChI is InChI=1S/C20H33N5O3.HI/c1-6-21-20(22-14-19(26)23(2)3)25-11-9-24(10-12-25)15-16-13-17(27-4)7-8-18(16)28-5;/h7-8,13H,6,9-12,14-15H2,1-5H3,(H,21,22);1H. The summed E-state index contributed by atoms with van der Waals surface area (Å²) in [5, 5.41) is 3.29. The number of carbonyl (C=O) groups excluding carboxylic acids is 1. The van der Waals surface area contributed by atoms with E-state index in [-0.39, 0.29) is 36.4 Å². The highest BCUT2D eigenvalue weighted by Gasteiger charge is 2.21. The number of halogens is 1. The van der Waals surface area contributed by atoms with Gasteiger partial charge in [-0.3, -0.25) is 9.69 Å². The lowest BCUT2D eigenvalue weighted by Gasteiger charge is -2.36. The van der Waals surface area contributed by atoms with Crippen LogP contribution in [0.1, 0.15) is 12.5 Å². The molecule has 1 fully saturated rings. The Morgan fingerprint density at radius 3 is 2.41 bits per heavy atom. The number of nitrogens with zero attached hydrogens (tertiary/aromatic N) is 4. The van der Waals surface area contributed by atoms with Crippen molar-refractivity contribution in [2.45, 2.75) is 13.5 Å². The Kier molecular flexibility index (Phi) is 11.1. The predicted molar refractivity (Wildman–Crippen MR) is 126 cm³/mol. The molecule has 0 unspecified atom stereocenters. The number of benzene rings is 1. The van der Waals surface area contributed by atoms with Gasteiger partial charge in [-0.1, -0.05) is 0 Å². The summed E-state index contributed by atoms with van der Waals surface area (Å²) < 4.78 is 10.8. The summed E-state index contributed by atoms with van der Waals surface area (Å²) in [6.07, 6.45) is 0. The van der Waals surface area contributed by atoms with Crippen molar-refractivity contribution in [1.82, 2.24) is 20.0 Å². The van der Waals surface area contributed by atoms with Crippen LogP contribution in [-0.2, 0) is 11.3 Å². The number of hydrogen-bond donors (Lipinski definition) is 1. The van der Waals surface area contributed by atoms with Crippen molar-refractivity contribution in [1.29, 1.82) is 0 Å². The highest BCUT2D eigenvalue weighted by Crippen LogP contribution is 2.25. The molecule has 1 N–H and O–H groups in total. The molecule has 2 rings (SSSR count). The Morgan fingerprint density at radius 1 is 1.17 bits per heavy atom. The molecule has 1 aliphatic heterocycles. The van der Waals surface area contributed by atoms with Gasteiger partial charge in [0.15, 0.2) is 5.96 Å². The lowest BCUT2D eigenvalue weighted by atomic mass is 10.1. The minimum absolute atomic E-state index is 0. The van der Waals surface area contributed by atoms with Crippen molar-refractivity contribution < 1.29 is 14.3 Å². The van der Waals surface area contributed by atoms with Crippen LogP contribution in [0.25, 0.3) is 0 Å². The highest BCUT2D eigenvalue weighted by molar-refractivity contribution is 14.0. The third-order valence-electron chi connectivity index (χ3n) is 4.75. The molecule has 1 aromatic rings. The van der Waals surface area contributed by atoms with E-state index >= 15 is 0 Å². The number of hydrogen-bond acceptors (Lipinski definition) is 5. The first kappa shape index (κ1) is 25.3. The van der Waals surface area contributed by atoms with Crippen LogP contribution in [0.5, 0.6) is 11.5 Å². The summed E-state index contributed by atoms with van der Waals surface area (Å²) >= 11 is 0. The van der Waals surface area contributed by atoms with Crippen LogP contribution in [-0.4, -0.2) is 94.1 Å². The summed E-state index contributed by atoms with van der Waals surface area (Å²) in [6, 6.07) is 5.89. The van der Waals surface area contributed by atoms with E-state index in [9.17, 15) is 4.79 Å². The van der Waals surface area contributed by atoms with Gasteiger partial charge >= 0.3 is 0 Å². The molecule has 0 spiro atoms. The van der Waals surface area contributed by atoms with E-state index in [2.05, 4.69) is 20.1 Å². The van der Waals surface area contributed by atoms with Gasteiger partial charge in [-0.2, -0.15) is 0 Å². The monoisotopic (exact) mass is 519 g/mol. The second kappa shape index (κ2) is 12.7. The molecule has 0 atom stereocenters. The van der Waals surface area contributed by atoms with Crippen LogP contribution in [0.15, 0.2) is 23.2 Å². The zero-order valence-corrected chi connectivity index (χ0v) is 20.4. The van der Waals surface area contributed by atoms with E-state index in [4.69, 9.17) is 9.47 Å². The Morgan fingerprint density at radius 2 is 1.86 bits per heavy atom. The normalized spacial score (nSPS) is 14.8. The quantitative estimate of drug-likeness (QED) is 0.335. The summed E-state index contributed by atoms with van der Waals surface area (Å²) in [7, 11) is 6.86. The lowest BCUT2D eigenvalue weighted by Crippen LogP contribution is -2.52. The maximum absolute atomic E-state index is 11.8. The van der Waals surface area contributed by atoms with Gasteiger partial charge in [0, 0.05) is 58.9 Å². The van der Waals surface area contributed by atoms with E-state index in [0.717, 1.165) is 62.3 Å². The summed E-state index contributed by atoms with van der Waals surface area (Å²) in [5.74, 6) is 2.51. The number of carbonyl (C=O) groups is 1. The van der Waals surface area contributed by atoms with Gasteiger partial charge in [-0.05, 0) is 25.1 Å². The minimum atomic E-state index is -0.000779. The van der Waals surface area contributed by atoms with Crippen LogP contribution in [0.3, 0.4) is 0 Å². The molecule has 0 radical (unpaired) electrons. The number of rotatable bonds is 7. The van der Waals surface area contributed by atoms with Crippen LogP contribution in [0, 0.1) is 0 Å². The number of aliphatic imine (C=N–C) groups is 1. The van der Waals surface area contributed by atoms with E-state index in [1.165, 1.54) is 0 Å². The lowest BCUT2D eigenvalue weighted by molar-refractivity contribution is -0.127. The van der Waals surface area contributed by atoms with E-state index in [0.29, 0.717) is 0 Å². The van der Waals surface area contributed by atoms with Gasteiger partial charge in [0.05, 0.1) is 14.2 Å². The molecule has 1 aliphatic rings. The first-order valence-electron chi connectivity index (χ1n) is 9.65. The van der Waals surface area contributed by atoms with Gasteiger partial charge < -0.3 is 24.6 Å². The molecule has 1 aromatic carbocycles. The number of piperazine rings is 1. The first-order chi connectivity index (χ1) is 13.5. The van der Waals surface area contributed by atoms with E-state index in [1.54, 1.807) is 33.2 Å². The molecule has 8 nitrogen and oxygen atoms in total. The van der Waals surface area contributed by atoms with Crippen LogP contribution < -0.4 is 14.8 Å². The average Bonchev–Trinajstić information content (AvgIpc) is 2.71. The summed E-state index contributed by atoms with van der Waals surface area (Å²) in [6.45, 7) is 7.31. The number of methoxy groups -OCH3 is 2. The summed E-state index contributed by atoms with van der Waals surface area (Å²) in [4.78, 5) is 22.5. The SMILES string of the molecule is CCNC(=NCC(=O)N(C)C)N1CCN(Cc2cc(OC)ccc2OC)CC1.I. The zero-order chi connectivity index (χ0) is 20.5. The van der Waals surface area contributed by atoms with Crippen molar-refractivity contribution in [3.05, 3.63) is 23.8 Å². The van der Waals surface area contributed by atoms with Crippen molar-refractivity contribution in [3.63, 3.8) is 0 Å². The molecular weight excluding hydrogens is 485 g/mol. The molecule has 0 aromatic heterocycles. The Bertz CT molecular complexity index is 676. The van der Waals surface area contributed by atoms with Crippen molar-refractivity contribution in [3.8, 4) is 11.5 Å². The number of amides is 1. The second-order valence-electron chi connectivity index (χ2n) is 6.90. The van der Waals surface area contributed by atoms with Gasteiger partial charge in [0.2, 0.25) is 5.91 Å². The van der Waals surface area contributed by atoms with Gasteiger partial charge in [0.25, 0.3) is 0 Å². The van der Waals surface area contributed by atoms with Gasteiger partial charge in [-0.15, -0.1) is 24.0 Å². The topological polar surface area (TPSA) is 69.6 Å². The molecule has 1 heterocycles. The maximum atomic E-state index is 11.8. The fourth-order valence-corrected chi connectivity index (χ4v) is 3.07. The second-order valence-corrected chi connectivity index (χ2v) is 6.90. The highest BCUT2D eigenvalue weighted by atomic mass is 127. The van der Waals surface area contributed by atoms with Crippen molar-refractivity contribution >= 4 is 35.8 Å². The first-order valence-corrected chi connectivity index (χ1v) is 9.65. The van der Waals surface area contributed by atoms with Gasteiger partial charge in [0.1, 0.15) is 18.0 Å². The minimum Gasteiger partial charge on any atom is -0.497 e. The molecule has 9 heteroatoms. The molecule has 0 saturated carbocycles. The molecule has 0 aliphatic carbocycles. The molecular formula is C20H34IN5O3. The van der Waals surface area contributed by atoms with Gasteiger partial charge in [-0.25, -0.2) is 4.99 Å². The number of nitrogens with one attached hydrogen (secondary N) is 1. The Labute approximate surface area is 191 Å². The third-order valence-corrected chi connectivity index (χ3v) is 4.75. The molecule has 164 valence electrons. The largest absolute Gasteiger partial charge is 0.497 e. The molecule has 0 bridgehead atoms. The Balaban J connectivity index is 0.00000420. The number of guanidine groups is 1. The predicted octanol–water partition coefficient (Wildman–Crippen LogP) is 1.49. The smallest absolute Gasteiger partial charge is 0.243 e. The maximum Gasteiger partial charge on any atom is 0.243 e. The van der Waals surface area contributed by atoms with E-state index in [1.807, 2.05) is 25.1 Å². The third kappa shape index (κ3) is 7.54. The zero-order valence-electron chi connectivity index (χ0n) is 18.1.